The van der Waals surface area contributed by atoms with Gasteiger partial charge in [0.1, 0.15) is 0 Å². The number of rotatable bonds is 1. The van der Waals surface area contributed by atoms with Gasteiger partial charge in [0.25, 0.3) is 5.91 Å². The highest BCUT2D eigenvalue weighted by Crippen LogP contribution is 2.30. The van der Waals surface area contributed by atoms with E-state index in [1.54, 1.807) is 12.3 Å². The van der Waals surface area contributed by atoms with E-state index in [0.29, 0.717) is 17.4 Å². The predicted molar refractivity (Wildman–Crippen MR) is 93.2 cm³/mol. The second kappa shape index (κ2) is 5.60. The number of aryl methyl sites for hydroxylation is 1. The van der Waals surface area contributed by atoms with Crippen molar-refractivity contribution in [3.05, 3.63) is 58.1 Å². The van der Waals surface area contributed by atoms with Crippen molar-refractivity contribution >= 4 is 28.5 Å². The monoisotopic (exact) mass is 340 g/mol. The summed E-state index contributed by atoms with van der Waals surface area (Å²) in [4.78, 5) is 26.8. The molecule has 4 rings (SSSR count). The molecule has 3 aromatic rings. The van der Waals surface area contributed by atoms with Crippen LogP contribution in [0.2, 0.25) is 5.02 Å². The minimum absolute atomic E-state index is 0.0205. The molecule has 0 saturated heterocycles. The van der Waals surface area contributed by atoms with Gasteiger partial charge in [-0.05, 0) is 43.2 Å². The van der Waals surface area contributed by atoms with Gasteiger partial charge in [-0.2, -0.15) is 0 Å². The Morgan fingerprint density at radius 2 is 2.21 bits per heavy atom. The summed E-state index contributed by atoms with van der Waals surface area (Å²) in [5.41, 5.74) is 4.65. The van der Waals surface area contributed by atoms with Gasteiger partial charge in [-0.3, -0.25) is 9.78 Å². The molecule has 6 heteroatoms. The van der Waals surface area contributed by atoms with Crippen molar-refractivity contribution in [3.63, 3.8) is 0 Å². The molecule has 0 aliphatic carbocycles. The molecule has 0 bridgehead atoms. The van der Waals surface area contributed by atoms with Crippen molar-refractivity contribution in [1.82, 2.24) is 19.9 Å². The van der Waals surface area contributed by atoms with E-state index in [2.05, 4.69) is 15.0 Å². The van der Waals surface area contributed by atoms with Gasteiger partial charge in [0.05, 0.1) is 17.1 Å². The highest BCUT2D eigenvalue weighted by Gasteiger charge is 2.30. The van der Waals surface area contributed by atoms with E-state index < -0.39 is 0 Å². The molecule has 1 aromatic carbocycles. The SMILES string of the molecule is Cc1c(Cl)ccc2nc(C(=O)N3CCc4ncccc4[C@@H]3C)[nH]c12. The quantitative estimate of drug-likeness (QED) is 0.735. The van der Waals surface area contributed by atoms with Crippen molar-refractivity contribution in [2.24, 2.45) is 0 Å². The number of imidazole rings is 1. The zero-order chi connectivity index (χ0) is 16.8. The zero-order valence-corrected chi connectivity index (χ0v) is 14.3. The Hall–Kier alpha value is -2.40. The third-order valence-electron chi connectivity index (χ3n) is 4.75. The van der Waals surface area contributed by atoms with Crippen LogP contribution in [0, 0.1) is 6.92 Å². The highest BCUT2D eigenvalue weighted by molar-refractivity contribution is 6.32. The summed E-state index contributed by atoms with van der Waals surface area (Å²) in [6.45, 7) is 4.59. The lowest BCUT2D eigenvalue weighted by molar-refractivity contribution is 0.0665. The topological polar surface area (TPSA) is 61.9 Å². The van der Waals surface area contributed by atoms with Gasteiger partial charge in [-0.15, -0.1) is 0 Å². The summed E-state index contributed by atoms with van der Waals surface area (Å²) < 4.78 is 0. The molecule has 0 saturated carbocycles. The number of benzene rings is 1. The molecule has 1 atom stereocenters. The summed E-state index contributed by atoms with van der Waals surface area (Å²) in [5, 5.41) is 0.663. The molecular formula is C18H17ClN4O. The summed E-state index contributed by atoms with van der Waals surface area (Å²) in [6.07, 6.45) is 2.56. The fourth-order valence-corrected chi connectivity index (χ4v) is 3.49. The van der Waals surface area contributed by atoms with Crippen LogP contribution < -0.4 is 0 Å². The second-order valence-corrected chi connectivity index (χ2v) is 6.52. The third-order valence-corrected chi connectivity index (χ3v) is 5.16. The Balaban J connectivity index is 1.71. The molecule has 122 valence electrons. The number of nitrogens with one attached hydrogen (secondary N) is 1. The first-order chi connectivity index (χ1) is 11.6. The molecule has 5 nitrogen and oxygen atoms in total. The van der Waals surface area contributed by atoms with Gasteiger partial charge in [-0.25, -0.2) is 4.98 Å². The number of hydrogen-bond donors (Lipinski definition) is 1. The fraction of sp³-hybridized carbons (Fsp3) is 0.278. The Morgan fingerprint density at radius 1 is 1.38 bits per heavy atom. The molecule has 3 heterocycles. The number of nitrogens with zero attached hydrogens (tertiary/aromatic N) is 3. The van der Waals surface area contributed by atoms with Crippen molar-refractivity contribution in [2.45, 2.75) is 26.3 Å². The van der Waals surface area contributed by atoms with Gasteiger partial charge in [-0.1, -0.05) is 17.7 Å². The van der Waals surface area contributed by atoms with Gasteiger partial charge in [0, 0.05) is 29.9 Å². The largest absolute Gasteiger partial charge is 0.334 e. The second-order valence-electron chi connectivity index (χ2n) is 6.12. The van der Waals surface area contributed by atoms with Crippen molar-refractivity contribution in [2.75, 3.05) is 6.54 Å². The summed E-state index contributed by atoms with van der Waals surface area (Å²) >= 11 is 6.15. The van der Waals surface area contributed by atoms with Crippen LogP contribution in [0.5, 0.6) is 0 Å². The maximum atomic E-state index is 13.0. The van der Waals surface area contributed by atoms with Gasteiger partial charge in [0.2, 0.25) is 0 Å². The van der Waals surface area contributed by atoms with Crippen LogP contribution in [0.1, 0.15) is 40.4 Å². The van der Waals surface area contributed by atoms with Gasteiger partial charge < -0.3 is 9.88 Å². The Labute approximate surface area is 144 Å². The minimum atomic E-state index is -0.0938. The molecule has 0 radical (unpaired) electrons. The van der Waals surface area contributed by atoms with E-state index in [0.717, 1.165) is 34.3 Å². The lowest BCUT2D eigenvalue weighted by Gasteiger charge is -2.34. The summed E-state index contributed by atoms with van der Waals surface area (Å²) in [6, 6.07) is 7.56. The van der Waals surface area contributed by atoms with Crippen LogP contribution >= 0.6 is 11.6 Å². The average Bonchev–Trinajstić information content (AvgIpc) is 3.03. The first-order valence-corrected chi connectivity index (χ1v) is 8.33. The number of hydrogen-bond acceptors (Lipinski definition) is 3. The first kappa shape index (κ1) is 15.1. The molecule has 1 aliphatic heterocycles. The Bertz CT molecular complexity index is 949. The zero-order valence-electron chi connectivity index (χ0n) is 13.5. The summed E-state index contributed by atoms with van der Waals surface area (Å²) in [5.74, 6) is 0.262. The lowest BCUT2D eigenvalue weighted by Crippen LogP contribution is -2.39. The number of H-pyrrole nitrogens is 1. The van der Waals surface area contributed by atoms with E-state index in [4.69, 9.17) is 11.6 Å². The molecule has 0 fully saturated rings. The Kier molecular flexibility index (Phi) is 3.53. The standard InChI is InChI=1S/C18H17ClN4O/c1-10-13(19)5-6-15-16(10)22-17(21-15)18(24)23-9-7-14-12(11(23)2)4-3-8-20-14/h3-6,8,11H,7,9H2,1-2H3,(H,21,22)/t11-/m0/s1. The predicted octanol–water partition coefficient (Wildman–Crippen LogP) is 3.68. The van der Waals surface area contributed by atoms with E-state index in [1.807, 2.05) is 36.9 Å². The molecule has 2 aromatic heterocycles. The van der Waals surface area contributed by atoms with Crippen molar-refractivity contribution in [1.29, 1.82) is 0 Å². The van der Waals surface area contributed by atoms with E-state index >= 15 is 0 Å². The van der Waals surface area contributed by atoms with Crippen LogP contribution in [0.4, 0.5) is 0 Å². The van der Waals surface area contributed by atoms with Crippen LogP contribution in [0.3, 0.4) is 0 Å². The van der Waals surface area contributed by atoms with E-state index in [9.17, 15) is 4.79 Å². The molecule has 1 aliphatic rings. The Morgan fingerprint density at radius 3 is 3.04 bits per heavy atom. The molecule has 1 amide bonds. The number of carbonyl (C=O) groups excluding carboxylic acids is 1. The number of fused-ring (bicyclic) bond motifs is 2. The molecular weight excluding hydrogens is 324 g/mol. The lowest BCUT2D eigenvalue weighted by atomic mass is 9.98. The first-order valence-electron chi connectivity index (χ1n) is 7.96. The number of carbonyl (C=O) groups is 1. The number of aromatic amines is 1. The normalized spacial score (nSPS) is 17.1. The van der Waals surface area contributed by atoms with Crippen LogP contribution in [-0.2, 0) is 6.42 Å². The minimum Gasteiger partial charge on any atom is -0.334 e. The molecule has 1 N–H and O–H groups in total. The van der Waals surface area contributed by atoms with Crippen LogP contribution in [-0.4, -0.2) is 32.3 Å². The van der Waals surface area contributed by atoms with Crippen LogP contribution in [0.15, 0.2) is 30.5 Å². The smallest absolute Gasteiger partial charge is 0.290 e. The maximum absolute atomic E-state index is 13.0. The molecule has 0 spiro atoms. The molecule has 24 heavy (non-hydrogen) atoms. The third kappa shape index (κ3) is 2.27. The fourth-order valence-electron chi connectivity index (χ4n) is 3.33. The number of aromatic nitrogens is 3. The highest BCUT2D eigenvalue weighted by atomic mass is 35.5. The van der Waals surface area contributed by atoms with Crippen LogP contribution in [0.25, 0.3) is 11.0 Å². The molecule has 0 unspecified atom stereocenters. The number of pyridine rings is 1. The van der Waals surface area contributed by atoms with E-state index in [-0.39, 0.29) is 11.9 Å². The number of halogens is 1. The maximum Gasteiger partial charge on any atom is 0.290 e. The van der Waals surface area contributed by atoms with Crippen molar-refractivity contribution < 1.29 is 4.79 Å². The van der Waals surface area contributed by atoms with Crippen molar-refractivity contribution in [3.8, 4) is 0 Å². The number of amides is 1. The van der Waals surface area contributed by atoms with E-state index in [1.165, 1.54) is 0 Å². The van der Waals surface area contributed by atoms with Gasteiger partial charge >= 0.3 is 0 Å². The summed E-state index contributed by atoms with van der Waals surface area (Å²) in [7, 11) is 0. The van der Waals surface area contributed by atoms with Gasteiger partial charge in [0.15, 0.2) is 5.82 Å². The average molecular weight is 341 g/mol.